The molecule has 0 bridgehead atoms. The highest BCUT2D eigenvalue weighted by atomic mass is 15.1. The molecule has 74 heavy (non-hydrogen) atoms. The van der Waals surface area contributed by atoms with E-state index in [1.54, 1.807) is 0 Å². The van der Waals surface area contributed by atoms with E-state index < -0.39 is 0 Å². The van der Waals surface area contributed by atoms with Crippen molar-refractivity contribution in [3.05, 3.63) is 254 Å². The van der Waals surface area contributed by atoms with E-state index in [4.69, 9.17) is 0 Å². The average Bonchev–Trinajstić information content (AvgIpc) is 3.80. The Balaban J connectivity index is 1.05. The lowest BCUT2D eigenvalue weighted by atomic mass is 9.85. The van der Waals surface area contributed by atoms with Gasteiger partial charge >= 0.3 is 0 Å². The number of para-hydroxylation sites is 2. The van der Waals surface area contributed by atoms with Gasteiger partial charge in [-0.25, -0.2) is 0 Å². The second-order valence-electron chi connectivity index (χ2n) is 22.1. The van der Waals surface area contributed by atoms with Crippen molar-refractivity contribution >= 4 is 71.2 Å². The van der Waals surface area contributed by atoms with Crippen LogP contribution in [-0.4, -0.2) is 4.57 Å². The van der Waals surface area contributed by atoms with Crippen LogP contribution in [0.25, 0.3) is 104 Å². The first-order valence-electron chi connectivity index (χ1n) is 26.1. The van der Waals surface area contributed by atoms with E-state index in [1.807, 2.05) is 0 Å². The molecule has 0 spiro atoms. The zero-order valence-electron chi connectivity index (χ0n) is 43.0. The summed E-state index contributed by atoms with van der Waals surface area (Å²) in [7, 11) is 0. The Bertz CT molecular complexity index is 4030. The molecule has 0 N–H and O–H groups in total. The molecule has 13 aromatic rings. The van der Waals surface area contributed by atoms with Crippen LogP contribution in [0.3, 0.4) is 0 Å². The Morgan fingerprint density at radius 1 is 0.297 bits per heavy atom. The van der Waals surface area contributed by atoms with Crippen molar-refractivity contribution in [3.63, 3.8) is 0 Å². The van der Waals surface area contributed by atoms with Crippen LogP contribution in [0.5, 0.6) is 0 Å². The highest BCUT2D eigenvalue weighted by Gasteiger charge is 2.26. The summed E-state index contributed by atoms with van der Waals surface area (Å²) >= 11 is 0. The van der Waals surface area contributed by atoms with Crippen molar-refractivity contribution in [1.29, 1.82) is 0 Å². The summed E-state index contributed by atoms with van der Waals surface area (Å²) in [6.07, 6.45) is 0. The average molecular weight is 951 g/mol. The Hall–Kier alpha value is -8.72. The predicted octanol–water partition coefficient (Wildman–Crippen LogP) is 20.4. The molecule has 12 aromatic carbocycles. The molecule has 0 fully saturated rings. The molecule has 1 heterocycles. The molecule has 0 saturated heterocycles. The molecule has 2 nitrogen and oxygen atoms in total. The lowest BCUT2D eigenvalue weighted by molar-refractivity contribution is 0.590. The van der Waals surface area contributed by atoms with Crippen LogP contribution in [0.1, 0.15) is 52.7 Å². The molecular formula is C72H58N2. The molecule has 0 amide bonds. The fraction of sp³-hybridized carbons (Fsp3) is 0.111. The third-order valence-electron chi connectivity index (χ3n) is 15.5. The summed E-state index contributed by atoms with van der Waals surface area (Å²) in [4.78, 5) is 2.53. The number of nitrogens with zero attached hydrogens (tertiary/aromatic N) is 2. The van der Waals surface area contributed by atoms with Gasteiger partial charge < -0.3 is 9.47 Å². The smallest absolute Gasteiger partial charge is 0.0541 e. The van der Waals surface area contributed by atoms with Crippen LogP contribution in [0.15, 0.2) is 243 Å². The van der Waals surface area contributed by atoms with Gasteiger partial charge in [0.25, 0.3) is 0 Å². The third-order valence-corrected chi connectivity index (χ3v) is 15.5. The molecule has 1 aromatic heterocycles. The molecule has 13 rings (SSSR count). The number of rotatable bonds is 8. The summed E-state index contributed by atoms with van der Waals surface area (Å²) in [5.41, 5.74) is 19.2. The van der Waals surface area contributed by atoms with E-state index in [0.29, 0.717) is 0 Å². The monoisotopic (exact) mass is 950 g/mol. The van der Waals surface area contributed by atoms with Crippen molar-refractivity contribution < 1.29 is 0 Å². The van der Waals surface area contributed by atoms with Gasteiger partial charge in [0, 0.05) is 32.7 Å². The van der Waals surface area contributed by atoms with Gasteiger partial charge in [0.15, 0.2) is 0 Å². The van der Waals surface area contributed by atoms with Crippen LogP contribution >= 0.6 is 0 Å². The Labute approximate surface area is 434 Å². The second kappa shape index (κ2) is 17.5. The fourth-order valence-corrected chi connectivity index (χ4v) is 11.5. The predicted molar refractivity (Wildman–Crippen MR) is 318 cm³/mol. The van der Waals surface area contributed by atoms with E-state index in [-0.39, 0.29) is 10.8 Å². The van der Waals surface area contributed by atoms with Crippen LogP contribution in [0.2, 0.25) is 0 Å². The molecule has 0 aliphatic rings. The summed E-state index contributed by atoms with van der Waals surface area (Å²) in [6.45, 7) is 13.9. The molecule has 0 aliphatic carbocycles. The van der Waals surface area contributed by atoms with E-state index >= 15 is 0 Å². The minimum absolute atomic E-state index is 0.0177. The van der Waals surface area contributed by atoms with Gasteiger partial charge in [0.05, 0.1) is 33.8 Å². The summed E-state index contributed by atoms with van der Waals surface area (Å²) in [5, 5.41) is 10.0. The maximum atomic E-state index is 2.53. The third kappa shape index (κ3) is 7.64. The van der Waals surface area contributed by atoms with Crippen molar-refractivity contribution in [2.24, 2.45) is 0 Å². The molecule has 0 radical (unpaired) electrons. The maximum Gasteiger partial charge on any atom is 0.0541 e. The van der Waals surface area contributed by atoms with Gasteiger partial charge in [-0.05, 0) is 125 Å². The molecule has 2 heteroatoms. The SMILES string of the molecule is CC(C)(C)c1ccc2c(c1)c1cc(C(C)(C)C)ccc1n2-c1ccc2ccc3c(N(c4ccccc4-c4ccc(-c5ccccc5)cc4)c4ccccc4-c4ccc(-c5ccccc5)cc4)ccc4ccc1c2c43. The number of benzene rings is 12. The van der Waals surface area contributed by atoms with Crippen molar-refractivity contribution in [1.82, 2.24) is 4.57 Å². The van der Waals surface area contributed by atoms with Crippen LogP contribution in [0.4, 0.5) is 17.1 Å². The zero-order valence-corrected chi connectivity index (χ0v) is 43.0. The van der Waals surface area contributed by atoms with E-state index in [9.17, 15) is 0 Å². The normalized spacial score (nSPS) is 12.2. The standard InChI is InChI=1S/C72H58N2/c1-71(2,3)55-37-43-67-61(45-55)62-46-56(72(4,5)6)38-44-68(62)74(67)66-42-36-54-33-39-59-65(41-35-53-34-40-60(66)70(54)69(53)59)73(63-23-15-13-21-57(63)51-29-25-49(26-30-51)47-17-9-7-10-18-47)64-24-16-14-22-58(64)52-31-27-50(28-32-52)48-19-11-8-12-20-48/h7-46H,1-6H3. The van der Waals surface area contributed by atoms with Gasteiger partial charge in [-0.3, -0.25) is 0 Å². The van der Waals surface area contributed by atoms with Crippen molar-refractivity contribution in [2.45, 2.75) is 52.4 Å². The van der Waals surface area contributed by atoms with E-state index in [0.717, 1.165) is 39.3 Å². The van der Waals surface area contributed by atoms with Crippen LogP contribution < -0.4 is 4.90 Å². The Morgan fingerprint density at radius 2 is 0.689 bits per heavy atom. The second-order valence-corrected chi connectivity index (χ2v) is 22.1. The summed E-state index contributed by atoms with van der Waals surface area (Å²) < 4.78 is 2.53. The molecule has 0 saturated carbocycles. The molecule has 356 valence electrons. The lowest BCUT2D eigenvalue weighted by Gasteiger charge is -2.31. The molecular weight excluding hydrogens is 893 g/mol. The van der Waals surface area contributed by atoms with Crippen LogP contribution in [-0.2, 0) is 10.8 Å². The van der Waals surface area contributed by atoms with Crippen molar-refractivity contribution in [2.75, 3.05) is 4.90 Å². The van der Waals surface area contributed by atoms with Gasteiger partial charge in [0.2, 0.25) is 0 Å². The fourth-order valence-electron chi connectivity index (χ4n) is 11.5. The van der Waals surface area contributed by atoms with Gasteiger partial charge in [0.1, 0.15) is 0 Å². The topological polar surface area (TPSA) is 8.17 Å². The largest absolute Gasteiger partial charge is 0.309 e. The first kappa shape index (κ1) is 45.2. The lowest BCUT2D eigenvalue weighted by Crippen LogP contribution is -2.13. The number of aromatic nitrogens is 1. The Morgan fingerprint density at radius 3 is 1.18 bits per heavy atom. The van der Waals surface area contributed by atoms with Gasteiger partial charge in [-0.15, -0.1) is 0 Å². The first-order valence-corrected chi connectivity index (χ1v) is 26.1. The van der Waals surface area contributed by atoms with Gasteiger partial charge in [-0.1, -0.05) is 236 Å². The van der Waals surface area contributed by atoms with E-state index in [2.05, 4.69) is 294 Å². The van der Waals surface area contributed by atoms with Gasteiger partial charge in [-0.2, -0.15) is 0 Å². The molecule has 0 atom stereocenters. The minimum Gasteiger partial charge on any atom is -0.309 e. The maximum absolute atomic E-state index is 2.53. The van der Waals surface area contributed by atoms with Crippen molar-refractivity contribution in [3.8, 4) is 50.2 Å². The number of anilines is 3. The molecule has 0 aliphatic heterocycles. The Kier molecular flexibility index (Phi) is 10.7. The summed E-state index contributed by atoms with van der Waals surface area (Å²) in [5.74, 6) is 0. The highest BCUT2D eigenvalue weighted by Crippen LogP contribution is 2.50. The van der Waals surface area contributed by atoms with Crippen LogP contribution in [0, 0.1) is 0 Å². The molecule has 0 unspecified atom stereocenters. The zero-order chi connectivity index (χ0) is 50.3. The number of fused-ring (bicyclic) bond motifs is 3. The highest BCUT2D eigenvalue weighted by molar-refractivity contribution is 6.28. The number of hydrogen-bond donors (Lipinski definition) is 0. The first-order chi connectivity index (χ1) is 36.0. The number of hydrogen-bond acceptors (Lipinski definition) is 1. The minimum atomic E-state index is 0.0177. The summed E-state index contributed by atoms with van der Waals surface area (Å²) in [6, 6.07) is 90.4. The van der Waals surface area contributed by atoms with E-state index in [1.165, 1.54) is 93.2 Å². The quantitative estimate of drug-likeness (QED) is 0.138.